The first-order valence-electron chi connectivity index (χ1n) is 9.78. The molecule has 0 spiro atoms. The Labute approximate surface area is 173 Å². The molecule has 0 aliphatic heterocycles. The zero-order chi connectivity index (χ0) is 21.1. The number of nitrogens with two attached hydrogens (primary N) is 1. The fourth-order valence-corrected chi connectivity index (χ4v) is 3.62. The summed E-state index contributed by atoms with van der Waals surface area (Å²) in [7, 11) is 1.59. The van der Waals surface area contributed by atoms with Crippen molar-refractivity contribution < 1.29 is 19.1 Å². The Kier molecular flexibility index (Phi) is 5.51. The number of aromatic nitrogens is 3. The molecule has 1 saturated carbocycles. The minimum absolute atomic E-state index is 0.0380. The van der Waals surface area contributed by atoms with Crippen molar-refractivity contribution in [1.82, 2.24) is 19.7 Å². The molecule has 0 saturated heterocycles. The van der Waals surface area contributed by atoms with Crippen LogP contribution in [0.15, 0.2) is 42.9 Å². The van der Waals surface area contributed by atoms with E-state index in [1.165, 1.54) is 0 Å². The molecule has 4 rings (SSSR count). The number of ether oxygens (including phenoxy) is 2. The molecule has 156 valence electrons. The zero-order valence-electron chi connectivity index (χ0n) is 16.6. The molecule has 3 N–H and O–H groups in total. The van der Waals surface area contributed by atoms with E-state index in [0.717, 1.165) is 25.7 Å². The van der Waals surface area contributed by atoms with Crippen molar-refractivity contribution >= 4 is 17.5 Å². The van der Waals surface area contributed by atoms with E-state index in [-0.39, 0.29) is 29.5 Å². The summed E-state index contributed by atoms with van der Waals surface area (Å²) in [5, 5.41) is 3.05. The summed E-state index contributed by atoms with van der Waals surface area (Å²) in [5.41, 5.74) is 6.69. The number of nitrogens with one attached hydrogen (secondary N) is 1. The van der Waals surface area contributed by atoms with Gasteiger partial charge in [-0.05, 0) is 49.9 Å². The molecule has 0 unspecified atom stereocenters. The van der Waals surface area contributed by atoms with Gasteiger partial charge in [-0.15, -0.1) is 0 Å². The minimum Gasteiger partial charge on any atom is -0.495 e. The second-order valence-corrected chi connectivity index (χ2v) is 7.25. The van der Waals surface area contributed by atoms with Crippen molar-refractivity contribution in [1.29, 1.82) is 0 Å². The lowest BCUT2D eigenvalue weighted by Gasteiger charge is -2.29. The lowest BCUT2D eigenvalue weighted by molar-refractivity contribution is 0.0877. The maximum Gasteiger partial charge on any atom is 0.271 e. The van der Waals surface area contributed by atoms with Gasteiger partial charge in [-0.3, -0.25) is 9.59 Å². The Morgan fingerprint density at radius 3 is 2.70 bits per heavy atom. The number of carbonyl (C=O) groups excluding carboxylic acids is 2. The Morgan fingerprint density at radius 1 is 1.17 bits per heavy atom. The van der Waals surface area contributed by atoms with Gasteiger partial charge in [0.05, 0.1) is 13.3 Å². The number of primary amides is 1. The third-order valence-corrected chi connectivity index (χ3v) is 5.22. The fourth-order valence-electron chi connectivity index (χ4n) is 3.62. The Hall–Kier alpha value is -3.62. The lowest BCUT2D eigenvalue weighted by atomic mass is 9.93. The Morgan fingerprint density at radius 2 is 1.97 bits per heavy atom. The summed E-state index contributed by atoms with van der Waals surface area (Å²) in [6, 6.07) is 6.89. The Balaban J connectivity index is 1.34. The number of imidazole rings is 1. The number of methoxy groups -OCH3 is 1. The van der Waals surface area contributed by atoms with Gasteiger partial charge >= 0.3 is 0 Å². The van der Waals surface area contributed by atoms with E-state index in [2.05, 4.69) is 15.3 Å². The largest absolute Gasteiger partial charge is 0.495 e. The monoisotopic (exact) mass is 409 g/mol. The van der Waals surface area contributed by atoms with Gasteiger partial charge in [0.15, 0.2) is 0 Å². The first-order valence-corrected chi connectivity index (χ1v) is 9.78. The van der Waals surface area contributed by atoms with Crippen molar-refractivity contribution in [3.63, 3.8) is 0 Å². The molecule has 3 aromatic heterocycles. The standard InChI is InChI=1S/C21H23N5O4/c1-29-15-8-9-18-25-17(12-26(18)11-15)20(28)24-13-4-6-14(7-5-13)30-21-16(19(22)27)3-2-10-23-21/h2-3,8-14H,4-7H2,1H3,(H2,22,27)(H,24,28). The maximum absolute atomic E-state index is 12.6. The molecule has 0 aromatic carbocycles. The molecule has 1 fully saturated rings. The number of hydrogen-bond acceptors (Lipinski definition) is 6. The van der Waals surface area contributed by atoms with Crippen LogP contribution >= 0.6 is 0 Å². The van der Waals surface area contributed by atoms with Gasteiger partial charge in [-0.25, -0.2) is 9.97 Å². The van der Waals surface area contributed by atoms with E-state index < -0.39 is 5.91 Å². The van der Waals surface area contributed by atoms with Gasteiger partial charge < -0.3 is 24.9 Å². The van der Waals surface area contributed by atoms with Crippen LogP contribution in [-0.2, 0) is 0 Å². The maximum atomic E-state index is 12.6. The van der Waals surface area contributed by atoms with Gasteiger partial charge in [-0.1, -0.05) is 0 Å². The second-order valence-electron chi connectivity index (χ2n) is 7.25. The van der Waals surface area contributed by atoms with Gasteiger partial charge in [0.2, 0.25) is 5.88 Å². The number of nitrogens with zero attached hydrogens (tertiary/aromatic N) is 3. The van der Waals surface area contributed by atoms with Crippen LogP contribution < -0.4 is 20.5 Å². The highest BCUT2D eigenvalue weighted by atomic mass is 16.5. The highest BCUT2D eigenvalue weighted by Crippen LogP contribution is 2.25. The first kappa shape index (κ1) is 19.7. The quantitative estimate of drug-likeness (QED) is 0.642. The van der Waals surface area contributed by atoms with Crippen LogP contribution in [0.2, 0.25) is 0 Å². The number of rotatable bonds is 6. The smallest absolute Gasteiger partial charge is 0.271 e. The molecule has 0 bridgehead atoms. The van der Waals surface area contributed by atoms with Crippen LogP contribution in [0.25, 0.3) is 5.65 Å². The molecule has 3 heterocycles. The average Bonchev–Trinajstić information content (AvgIpc) is 3.19. The van der Waals surface area contributed by atoms with E-state index in [1.54, 1.807) is 54.4 Å². The molecular formula is C21H23N5O4. The number of fused-ring (bicyclic) bond motifs is 1. The fraction of sp³-hybridized carbons (Fsp3) is 0.333. The molecule has 2 amide bonds. The van der Waals surface area contributed by atoms with Gasteiger partial charge in [0.25, 0.3) is 11.8 Å². The molecule has 3 aromatic rings. The molecule has 1 aliphatic carbocycles. The van der Waals surface area contributed by atoms with Crippen molar-refractivity contribution in [2.24, 2.45) is 5.73 Å². The summed E-state index contributed by atoms with van der Waals surface area (Å²) in [6.45, 7) is 0. The van der Waals surface area contributed by atoms with E-state index in [0.29, 0.717) is 17.1 Å². The van der Waals surface area contributed by atoms with Crippen LogP contribution in [-0.4, -0.2) is 45.4 Å². The summed E-state index contributed by atoms with van der Waals surface area (Å²) in [5.74, 6) is 0.182. The number of amides is 2. The van der Waals surface area contributed by atoms with Gasteiger partial charge in [0.1, 0.15) is 28.8 Å². The van der Waals surface area contributed by atoms with Gasteiger partial charge in [0, 0.05) is 18.4 Å². The second kappa shape index (κ2) is 8.40. The molecular weight excluding hydrogens is 386 g/mol. The number of hydrogen-bond donors (Lipinski definition) is 2. The summed E-state index contributed by atoms with van der Waals surface area (Å²) < 4.78 is 12.9. The van der Waals surface area contributed by atoms with Crippen molar-refractivity contribution in [2.45, 2.75) is 37.8 Å². The summed E-state index contributed by atoms with van der Waals surface area (Å²) in [6.07, 6.45) is 7.96. The molecule has 30 heavy (non-hydrogen) atoms. The average molecular weight is 409 g/mol. The van der Waals surface area contributed by atoms with Crippen LogP contribution in [0.4, 0.5) is 0 Å². The normalized spacial score (nSPS) is 18.7. The van der Waals surface area contributed by atoms with Crippen LogP contribution in [0.3, 0.4) is 0 Å². The van der Waals surface area contributed by atoms with E-state index in [4.69, 9.17) is 15.2 Å². The molecule has 9 nitrogen and oxygen atoms in total. The third kappa shape index (κ3) is 4.19. The Bertz CT molecular complexity index is 1070. The molecule has 0 radical (unpaired) electrons. The van der Waals surface area contributed by atoms with E-state index in [1.807, 2.05) is 0 Å². The SMILES string of the molecule is COc1ccc2nc(C(=O)NC3CCC(Oc4ncccc4C(N)=O)CC3)cn2c1. The van der Waals surface area contributed by atoms with Crippen molar-refractivity contribution in [3.05, 3.63) is 54.1 Å². The first-order chi connectivity index (χ1) is 14.5. The van der Waals surface area contributed by atoms with Gasteiger partial charge in [-0.2, -0.15) is 0 Å². The predicted octanol–water partition coefficient (Wildman–Crippen LogP) is 1.96. The van der Waals surface area contributed by atoms with Crippen LogP contribution in [0.1, 0.15) is 46.5 Å². The molecule has 0 atom stereocenters. The van der Waals surface area contributed by atoms with E-state index >= 15 is 0 Å². The molecule has 1 aliphatic rings. The zero-order valence-corrected chi connectivity index (χ0v) is 16.6. The summed E-state index contributed by atoms with van der Waals surface area (Å²) >= 11 is 0. The highest BCUT2D eigenvalue weighted by Gasteiger charge is 2.26. The predicted molar refractivity (Wildman–Crippen MR) is 109 cm³/mol. The minimum atomic E-state index is -0.566. The summed E-state index contributed by atoms with van der Waals surface area (Å²) in [4.78, 5) is 32.6. The third-order valence-electron chi connectivity index (χ3n) is 5.22. The topological polar surface area (TPSA) is 121 Å². The van der Waals surface area contributed by atoms with Crippen LogP contribution in [0, 0.1) is 0 Å². The number of carbonyl (C=O) groups is 2. The van der Waals surface area contributed by atoms with Crippen molar-refractivity contribution in [3.8, 4) is 11.6 Å². The number of pyridine rings is 2. The van der Waals surface area contributed by atoms with Crippen molar-refractivity contribution in [2.75, 3.05) is 7.11 Å². The highest BCUT2D eigenvalue weighted by molar-refractivity contribution is 5.95. The molecule has 9 heteroatoms. The van der Waals surface area contributed by atoms with E-state index in [9.17, 15) is 9.59 Å². The lowest BCUT2D eigenvalue weighted by Crippen LogP contribution is -2.40. The van der Waals surface area contributed by atoms with Crippen LogP contribution in [0.5, 0.6) is 11.6 Å².